The molecule has 21 heavy (non-hydrogen) atoms. The summed E-state index contributed by atoms with van der Waals surface area (Å²) >= 11 is 0. The zero-order chi connectivity index (χ0) is 14.5. The summed E-state index contributed by atoms with van der Waals surface area (Å²) in [4.78, 5) is 2.53. The molecule has 0 unspecified atom stereocenters. The van der Waals surface area contributed by atoms with E-state index in [0.29, 0.717) is 0 Å². The first-order valence-electron chi connectivity index (χ1n) is 7.97. The van der Waals surface area contributed by atoms with E-state index in [0.717, 1.165) is 26.1 Å². The molecule has 0 radical (unpaired) electrons. The molecule has 1 aliphatic rings. The minimum Gasteiger partial charge on any atom is -0.367 e. The van der Waals surface area contributed by atoms with Crippen LogP contribution in [-0.2, 0) is 19.4 Å². The predicted molar refractivity (Wildman–Crippen MR) is 89.6 cm³/mol. The van der Waals surface area contributed by atoms with E-state index < -0.39 is 0 Å². The normalized spacial score (nSPS) is 14.6. The van der Waals surface area contributed by atoms with E-state index in [9.17, 15) is 0 Å². The van der Waals surface area contributed by atoms with Crippen LogP contribution < -0.4 is 10.6 Å². The van der Waals surface area contributed by atoms with Crippen molar-refractivity contribution in [2.24, 2.45) is 5.73 Å². The molecule has 2 aromatic carbocycles. The first-order chi connectivity index (χ1) is 10.4. The van der Waals surface area contributed by atoms with Crippen molar-refractivity contribution < 1.29 is 0 Å². The Morgan fingerprint density at radius 2 is 1.81 bits per heavy atom. The van der Waals surface area contributed by atoms with Gasteiger partial charge in [0.05, 0.1) is 0 Å². The average Bonchev–Trinajstić information content (AvgIpc) is 2.71. The molecule has 0 atom stereocenters. The van der Waals surface area contributed by atoms with Crippen molar-refractivity contribution in [2.75, 3.05) is 18.0 Å². The summed E-state index contributed by atoms with van der Waals surface area (Å²) in [5, 5.41) is 0. The molecule has 2 aromatic rings. The van der Waals surface area contributed by atoms with Gasteiger partial charge in [-0.2, -0.15) is 0 Å². The van der Waals surface area contributed by atoms with Crippen LogP contribution in [0.2, 0.25) is 0 Å². The van der Waals surface area contributed by atoms with Gasteiger partial charge in [0, 0.05) is 18.8 Å². The highest BCUT2D eigenvalue weighted by molar-refractivity contribution is 5.56. The molecule has 1 heterocycles. The SMILES string of the molecule is NCCc1ccc2c(c1)CCCCN2Cc1ccccc1. The van der Waals surface area contributed by atoms with E-state index in [1.165, 1.54) is 41.6 Å². The van der Waals surface area contributed by atoms with Crippen molar-refractivity contribution in [3.63, 3.8) is 0 Å². The largest absolute Gasteiger partial charge is 0.367 e. The van der Waals surface area contributed by atoms with Crippen LogP contribution in [0.25, 0.3) is 0 Å². The zero-order valence-corrected chi connectivity index (χ0v) is 12.6. The van der Waals surface area contributed by atoms with E-state index in [2.05, 4.69) is 53.4 Å². The monoisotopic (exact) mass is 280 g/mol. The van der Waals surface area contributed by atoms with E-state index >= 15 is 0 Å². The third kappa shape index (κ3) is 3.45. The van der Waals surface area contributed by atoms with Gasteiger partial charge in [-0.15, -0.1) is 0 Å². The highest BCUT2D eigenvalue weighted by atomic mass is 15.1. The lowest BCUT2D eigenvalue weighted by atomic mass is 10.0. The molecule has 0 bridgehead atoms. The fraction of sp³-hybridized carbons (Fsp3) is 0.368. The van der Waals surface area contributed by atoms with Crippen LogP contribution in [0.15, 0.2) is 48.5 Å². The molecule has 2 heteroatoms. The molecule has 110 valence electrons. The molecule has 0 fully saturated rings. The van der Waals surface area contributed by atoms with Crippen LogP contribution in [0.5, 0.6) is 0 Å². The van der Waals surface area contributed by atoms with Crippen molar-refractivity contribution in [2.45, 2.75) is 32.2 Å². The number of hydrogen-bond acceptors (Lipinski definition) is 2. The zero-order valence-electron chi connectivity index (χ0n) is 12.6. The van der Waals surface area contributed by atoms with Gasteiger partial charge >= 0.3 is 0 Å². The predicted octanol–water partition coefficient (Wildman–Crippen LogP) is 3.53. The van der Waals surface area contributed by atoms with Gasteiger partial charge < -0.3 is 10.6 Å². The Morgan fingerprint density at radius 1 is 0.952 bits per heavy atom. The molecule has 1 aliphatic heterocycles. The van der Waals surface area contributed by atoms with Gasteiger partial charge in [0.25, 0.3) is 0 Å². The second-order valence-corrected chi connectivity index (χ2v) is 5.87. The van der Waals surface area contributed by atoms with E-state index in [-0.39, 0.29) is 0 Å². The van der Waals surface area contributed by atoms with Crippen molar-refractivity contribution in [1.29, 1.82) is 0 Å². The lowest BCUT2D eigenvalue weighted by Crippen LogP contribution is -2.23. The molecule has 0 amide bonds. The van der Waals surface area contributed by atoms with Crippen LogP contribution in [0.1, 0.15) is 29.5 Å². The minimum atomic E-state index is 0.729. The first-order valence-corrected chi connectivity index (χ1v) is 7.97. The molecule has 0 saturated carbocycles. The van der Waals surface area contributed by atoms with Gasteiger partial charge in [-0.1, -0.05) is 42.5 Å². The Bertz CT molecular complexity index is 577. The smallest absolute Gasteiger partial charge is 0.0429 e. The molecule has 0 saturated heterocycles. The maximum atomic E-state index is 5.69. The molecular weight excluding hydrogens is 256 g/mol. The quantitative estimate of drug-likeness (QED) is 0.928. The van der Waals surface area contributed by atoms with Gasteiger partial charge in [-0.05, 0) is 55.0 Å². The second-order valence-electron chi connectivity index (χ2n) is 5.87. The number of fused-ring (bicyclic) bond motifs is 1. The van der Waals surface area contributed by atoms with Crippen LogP contribution in [-0.4, -0.2) is 13.1 Å². The van der Waals surface area contributed by atoms with Crippen LogP contribution in [0.3, 0.4) is 0 Å². The van der Waals surface area contributed by atoms with Crippen molar-refractivity contribution >= 4 is 5.69 Å². The van der Waals surface area contributed by atoms with Gasteiger partial charge in [0.1, 0.15) is 0 Å². The Morgan fingerprint density at radius 3 is 2.62 bits per heavy atom. The van der Waals surface area contributed by atoms with Crippen molar-refractivity contribution in [1.82, 2.24) is 0 Å². The minimum absolute atomic E-state index is 0.729. The number of aryl methyl sites for hydroxylation is 1. The van der Waals surface area contributed by atoms with Crippen molar-refractivity contribution in [3.05, 3.63) is 65.2 Å². The molecule has 0 spiro atoms. The Hall–Kier alpha value is -1.80. The Labute approximate surface area is 127 Å². The number of hydrogen-bond donors (Lipinski definition) is 1. The molecule has 0 aromatic heterocycles. The Kier molecular flexibility index (Phi) is 4.56. The van der Waals surface area contributed by atoms with Crippen LogP contribution in [0, 0.1) is 0 Å². The van der Waals surface area contributed by atoms with Crippen LogP contribution in [0.4, 0.5) is 5.69 Å². The molecule has 2 nitrogen and oxygen atoms in total. The topological polar surface area (TPSA) is 29.3 Å². The summed E-state index contributed by atoms with van der Waals surface area (Å²) in [5.74, 6) is 0. The average molecular weight is 280 g/mol. The maximum absolute atomic E-state index is 5.69. The number of rotatable bonds is 4. The third-order valence-corrected chi connectivity index (χ3v) is 4.26. The first kappa shape index (κ1) is 14.2. The fourth-order valence-electron chi connectivity index (χ4n) is 3.18. The molecule has 0 aliphatic carbocycles. The maximum Gasteiger partial charge on any atom is 0.0429 e. The van der Waals surface area contributed by atoms with Gasteiger partial charge in [-0.25, -0.2) is 0 Å². The summed E-state index contributed by atoms with van der Waals surface area (Å²) in [6.45, 7) is 2.88. The Balaban J connectivity index is 1.86. The summed E-state index contributed by atoms with van der Waals surface area (Å²) in [7, 11) is 0. The summed E-state index contributed by atoms with van der Waals surface area (Å²) in [6, 6.07) is 17.7. The van der Waals surface area contributed by atoms with Crippen LogP contribution >= 0.6 is 0 Å². The van der Waals surface area contributed by atoms with Gasteiger partial charge in [0.2, 0.25) is 0 Å². The molecule has 3 rings (SSSR count). The highest BCUT2D eigenvalue weighted by Gasteiger charge is 2.15. The fourth-order valence-corrected chi connectivity index (χ4v) is 3.18. The lowest BCUT2D eigenvalue weighted by Gasteiger charge is -2.25. The third-order valence-electron chi connectivity index (χ3n) is 4.26. The summed E-state index contributed by atoms with van der Waals surface area (Å²) in [6.07, 6.45) is 4.73. The second kappa shape index (κ2) is 6.77. The summed E-state index contributed by atoms with van der Waals surface area (Å²) in [5.41, 5.74) is 11.4. The van der Waals surface area contributed by atoms with Crippen molar-refractivity contribution in [3.8, 4) is 0 Å². The van der Waals surface area contributed by atoms with E-state index in [4.69, 9.17) is 5.73 Å². The standard InChI is InChI=1S/C19H24N2/c20-12-11-16-9-10-19-18(14-16)8-4-5-13-21(19)15-17-6-2-1-3-7-17/h1-3,6-7,9-10,14H,4-5,8,11-13,15,20H2. The van der Waals surface area contributed by atoms with Gasteiger partial charge in [-0.3, -0.25) is 0 Å². The number of nitrogens with zero attached hydrogens (tertiary/aromatic N) is 1. The molecular formula is C19H24N2. The number of benzene rings is 2. The highest BCUT2D eigenvalue weighted by Crippen LogP contribution is 2.28. The van der Waals surface area contributed by atoms with E-state index in [1.807, 2.05) is 0 Å². The molecule has 2 N–H and O–H groups in total. The summed E-state index contributed by atoms with van der Waals surface area (Å²) < 4.78 is 0. The van der Waals surface area contributed by atoms with Gasteiger partial charge in [0.15, 0.2) is 0 Å². The lowest BCUT2D eigenvalue weighted by molar-refractivity contribution is 0.714. The number of anilines is 1. The number of nitrogens with two attached hydrogens (primary N) is 1. The van der Waals surface area contributed by atoms with E-state index in [1.54, 1.807) is 0 Å².